The Bertz CT molecular complexity index is 463. The van der Waals surface area contributed by atoms with Gasteiger partial charge in [-0.05, 0) is 12.5 Å². The van der Waals surface area contributed by atoms with Crippen molar-refractivity contribution in [2.45, 2.75) is 13.3 Å². The van der Waals surface area contributed by atoms with E-state index < -0.39 is 0 Å². The van der Waals surface area contributed by atoms with Crippen LogP contribution in [0.2, 0.25) is 0 Å². The average Bonchev–Trinajstić information content (AvgIpc) is 2.73. The summed E-state index contributed by atoms with van der Waals surface area (Å²) in [5.41, 5.74) is 0.917. The van der Waals surface area contributed by atoms with Gasteiger partial charge in [-0.25, -0.2) is 15.0 Å². The Morgan fingerprint density at radius 3 is 3.00 bits per heavy atom. The summed E-state index contributed by atoms with van der Waals surface area (Å²) in [6.07, 6.45) is 6.34. The molecule has 16 heavy (non-hydrogen) atoms. The predicted octanol–water partition coefficient (Wildman–Crippen LogP) is 1.70. The molecule has 0 radical (unpaired) electrons. The van der Waals surface area contributed by atoms with Gasteiger partial charge in [0.2, 0.25) is 0 Å². The van der Waals surface area contributed by atoms with Crippen LogP contribution in [-0.4, -0.2) is 26.1 Å². The van der Waals surface area contributed by atoms with Crippen molar-refractivity contribution in [2.24, 2.45) is 7.05 Å². The summed E-state index contributed by atoms with van der Waals surface area (Å²) in [6, 6.07) is 1.87. The molecule has 5 nitrogen and oxygen atoms in total. The standard InChI is InChI=1S/C11H15N5/c1-3-5-13-10-4-6-14-11(15-10)9-7-12-8-16(9)2/h4,6-8H,3,5H2,1-2H3,(H,13,14,15). The van der Waals surface area contributed by atoms with Crippen molar-refractivity contribution in [1.82, 2.24) is 19.5 Å². The fourth-order valence-corrected chi connectivity index (χ4v) is 1.41. The number of hydrogen-bond acceptors (Lipinski definition) is 4. The quantitative estimate of drug-likeness (QED) is 0.846. The summed E-state index contributed by atoms with van der Waals surface area (Å²) in [4.78, 5) is 12.7. The normalized spacial score (nSPS) is 10.4. The van der Waals surface area contributed by atoms with Gasteiger partial charge < -0.3 is 9.88 Å². The molecule has 0 saturated heterocycles. The number of rotatable bonds is 4. The van der Waals surface area contributed by atoms with Crippen molar-refractivity contribution < 1.29 is 0 Å². The third-order valence-electron chi connectivity index (χ3n) is 2.26. The van der Waals surface area contributed by atoms with Gasteiger partial charge in [0.1, 0.15) is 11.5 Å². The highest BCUT2D eigenvalue weighted by molar-refractivity contribution is 5.51. The van der Waals surface area contributed by atoms with Crippen LogP contribution in [0.1, 0.15) is 13.3 Å². The third-order valence-corrected chi connectivity index (χ3v) is 2.26. The SMILES string of the molecule is CCCNc1ccnc(-c2cncn2C)n1. The van der Waals surface area contributed by atoms with Crippen LogP contribution in [0.4, 0.5) is 5.82 Å². The second-order valence-corrected chi connectivity index (χ2v) is 3.58. The number of anilines is 1. The number of nitrogens with zero attached hydrogens (tertiary/aromatic N) is 4. The Labute approximate surface area is 94.6 Å². The third kappa shape index (κ3) is 2.18. The average molecular weight is 217 g/mol. The zero-order chi connectivity index (χ0) is 11.4. The molecule has 0 atom stereocenters. The van der Waals surface area contributed by atoms with E-state index in [9.17, 15) is 0 Å². The highest BCUT2D eigenvalue weighted by Crippen LogP contribution is 2.14. The van der Waals surface area contributed by atoms with Crippen molar-refractivity contribution >= 4 is 5.82 Å². The van der Waals surface area contributed by atoms with Gasteiger partial charge in [0.05, 0.1) is 12.5 Å². The molecule has 2 aromatic heterocycles. The van der Waals surface area contributed by atoms with Gasteiger partial charge in [0.15, 0.2) is 5.82 Å². The summed E-state index contributed by atoms with van der Waals surface area (Å²) in [5.74, 6) is 1.55. The smallest absolute Gasteiger partial charge is 0.179 e. The fourth-order valence-electron chi connectivity index (χ4n) is 1.41. The molecule has 84 valence electrons. The highest BCUT2D eigenvalue weighted by Gasteiger charge is 2.05. The van der Waals surface area contributed by atoms with Gasteiger partial charge in [-0.2, -0.15) is 0 Å². The van der Waals surface area contributed by atoms with Gasteiger partial charge in [-0.15, -0.1) is 0 Å². The van der Waals surface area contributed by atoms with Gasteiger partial charge in [0, 0.05) is 19.8 Å². The molecule has 0 amide bonds. The van der Waals surface area contributed by atoms with Crippen LogP contribution in [0.15, 0.2) is 24.8 Å². The molecule has 0 fully saturated rings. The largest absolute Gasteiger partial charge is 0.370 e. The number of aryl methyl sites for hydroxylation is 1. The summed E-state index contributed by atoms with van der Waals surface area (Å²) in [7, 11) is 1.93. The van der Waals surface area contributed by atoms with E-state index in [1.807, 2.05) is 17.7 Å². The first kappa shape index (κ1) is 10.6. The van der Waals surface area contributed by atoms with Crippen LogP contribution in [0.5, 0.6) is 0 Å². The molecule has 0 aromatic carbocycles. The fraction of sp³-hybridized carbons (Fsp3) is 0.364. The summed E-state index contributed by atoms with van der Waals surface area (Å²) in [5, 5.41) is 3.24. The van der Waals surface area contributed by atoms with Crippen LogP contribution < -0.4 is 5.32 Å². The Morgan fingerprint density at radius 1 is 1.44 bits per heavy atom. The van der Waals surface area contributed by atoms with Crippen molar-refractivity contribution in [2.75, 3.05) is 11.9 Å². The van der Waals surface area contributed by atoms with E-state index in [0.717, 1.165) is 24.5 Å². The van der Waals surface area contributed by atoms with Gasteiger partial charge in [-0.1, -0.05) is 6.92 Å². The minimum atomic E-state index is 0.695. The van der Waals surface area contributed by atoms with E-state index >= 15 is 0 Å². The van der Waals surface area contributed by atoms with Gasteiger partial charge >= 0.3 is 0 Å². The Hall–Kier alpha value is -1.91. The highest BCUT2D eigenvalue weighted by atomic mass is 15.1. The molecule has 0 spiro atoms. The van der Waals surface area contributed by atoms with Crippen molar-refractivity contribution in [1.29, 1.82) is 0 Å². The number of hydrogen-bond donors (Lipinski definition) is 1. The lowest BCUT2D eigenvalue weighted by Crippen LogP contribution is -2.03. The lowest BCUT2D eigenvalue weighted by atomic mass is 10.4. The Balaban J connectivity index is 2.26. The first-order valence-corrected chi connectivity index (χ1v) is 5.35. The second kappa shape index (κ2) is 4.74. The van der Waals surface area contributed by atoms with E-state index in [4.69, 9.17) is 0 Å². The Morgan fingerprint density at radius 2 is 2.31 bits per heavy atom. The van der Waals surface area contributed by atoms with Crippen molar-refractivity contribution in [3.8, 4) is 11.5 Å². The summed E-state index contributed by atoms with van der Waals surface area (Å²) >= 11 is 0. The van der Waals surface area contributed by atoms with E-state index in [1.165, 1.54) is 0 Å². The van der Waals surface area contributed by atoms with Gasteiger partial charge in [0.25, 0.3) is 0 Å². The van der Waals surface area contributed by atoms with Crippen LogP contribution >= 0.6 is 0 Å². The number of nitrogens with one attached hydrogen (secondary N) is 1. The van der Waals surface area contributed by atoms with E-state index in [2.05, 4.69) is 27.2 Å². The van der Waals surface area contributed by atoms with Crippen molar-refractivity contribution in [3.05, 3.63) is 24.8 Å². The summed E-state index contributed by atoms with van der Waals surface area (Å²) in [6.45, 7) is 3.04. The molecule has 0 aliphatic carbocycles. The molecule has 2 heterocycles. The molecule has 0 aliphatic heterocycles. The monoisotopic (exact) mass is 217 g/mol. The molecule has 0 saturated carbocycles. The van der Waals surface area contributed by atoms with Crippen LogP contribution in [-0.2, 0) is 7.05 Å². The maximum Gasteiger partial charge on any atom is 0.179 e. The first-order chi connectivity index (χ1) is 7.81. The van der Waals surface area contributed by atoms with Crippen LogP contribution in [0.3, 0.4) is 0 Å². The van der Waals surface area contributed by atoms with Crippen LogP contribution in [0.25, 0.3) is 11.5 Å². The molecule has 0 aliphatic rings. The lowest BCUT2D eigenvalue weighted by Gasteiger charge is -2.05. The maximum atomic E-state index is 4.43. The van der Waals surface area contributed by atoms with E-state index in [0.29, 0.717) is 5.82 Å². The minimum absolute atomic E-state index is 0.695. The molecule has 2 rings (SSSR count). The zero-order valence-corrected chi connectivity index (χ0v) is 9.51. The van der Waals surface area contributed by atoms with Crippen LogP contribution in [0, 0.1) is 0 Å². The molecule has 0 unspecified atom stereocenters. The van der Waals surface area contributed by atoms with E-state index in [1.54, 1.807) is 18.7 Å². The topological polar surface area (TPSA) is 55.6 Å². The van der Waals surface area contributed by atoms with E-state index in [-0.39, 0.29) is 0 Å². The number of aromatic nitrogens is 4. The Kier molecular flexibility index (Phi) is 3.14. The second-order valence-electron chi connectivity index (χ2n) is 3.58. The molecular formula is C11H15N5. The molecule has 0 bridgehead atoms. The number of imidazole rings is 1. The molecular weight excluding hydrogens is 202 g/mol. The zero-order valence-electron chi connectivity index (χ0n) is 9.51. The lowest BCUT2D eigenvalue weighted by molar-refractivity contribution is 0.906. The maximum absolute atomic E-state index is 4.43. The predicted molar refractivity (Wildman–Crippen MR) is 63.0 cm³/mol. The van der Waals surface area contributed by atoms with Gasteiger partial charge in [-0.3, -0.25) is 0 Å². The summed E-state index contributed by atoms with van der Waals surface area (Å²) < 4.78 is 1.90. The molecule has 2 aromatic rings. The minimum Gasteiger partial charge on any atom is -0.370 e. The molecule has 5 heteroatoms. The first-order valence-electron chi connectivity index (χ1n) is 5.35. The molecule has 1 N–H and O–H groups in total. The van der Waals surface area contributed by atoms with Crippen molar-refractivity contribution in [3.63, 3.8) is 0 Å².